The quantitative estimate of drug-likeness (QED) is 0.298. The predicted molar refractivity (Wildman–Crippen MR) is 127 cm³/mol. The molecular formula is C27H19NO8. The van der Waals surface area contributed by atoms with Gasteiger partial charge in [0.25, 0.3) is 0 Å². The molecule has 9 nitrogen and oxygen atoms in total. The summed E-state index contributed by atoms with van der Waals surface area (Å²) in [5.41, 5.74) is 2.19. The molecule has 2 aliphatic rings. The molecule has 0 amide bonds. The third kappa shape index (κ3) is 3.44. The first-order valence-electron chi connectivity index (χ1n) is 11.0. The molecule has 2 aliphatic heterocycles. The summed E-state index contributed by atoms with van der Waals surface area (Å²) in [6.07, 6.45) is 1.50. The van der Waals surface area contributed by atoms with Gasteiger partial charge < -0.3 is 28.4 Å². The first kappa shape index (κ1) is 21.7. The highest BCUT2D eigenvalue weighted by Gasteiger charge is 2.32. The van der Waals surface area contributed by atoms with Crippen LogP contribution in [0.15, 0.2) is 54.7 Å². The molecule has 3 aromatic carbocycles. The van der Waals surface area contributed by atoms with E-state index in [1.807, 2.05) is 12.1 Å². The molecule has 0 aliphatic carbocycles. The number of carbonyl (C=O) groups excluding carboxylic acids is 2. The van der Waals surface area contributed by atoms with Crippen LogP contribution in [-0.4, -0.2) is 37.9 Å². The van der Waals surface area contributed by atoms with Crippen LogP contribution in [0.4, 0.5) is 0 Å². The fourth-order valence-electron chi connectivity index (χ4n) is 4.47. The van der Waals surface area contributed by atoms with Gasteiger partial charge in [0.05, 0.1) is 19.8 Å². The van der Waals surface area contributed by atoms with Crippen LogP contribution in [0, 0.1) is 0 Å². The number of hydrogen-bond acceptors (Lipinski definition) is 9. The Kier molecular flexibility index (Phi) is 5.10. The van der Waals surface area contributed by atoms with Crippen LogP contribution >= 0.6 is 0 Å². The second-order valence-electron chi connectivity index (χ2n) is 8.10. The van der Waals surface area contributed by atoms with Gasteiger partial charge in [-0.25, -0.2) is 14.6 Å². The summed E-state index contributed by atoms with van der Waals surface area (Å²) in [6.45, 7) is 0.145. The molecule has 0 fully saturated rings. The van der Waals surface area contributed by atoms with E-state index in [2.05, 4.69) is 4.98 Å². The van der Waals surface area contributed by atoms with Crippen LogP contribution in [0.3, 0.4) is 0 Å². The highest BCUT2D eigenvalue weighted by atomic mass is 16.7. The van der Waals surface area contributed by atoms with Crippen LogP contribution in [0.25, 0.3) is 21.9 Å². The molecule has 0 unspecified atom stereocenters. The van der Waals surface area contributed by atoms with Gasteiger partial charge in [0.1, 0.15) is 18.1 Å². The summed E-state index contributed by atoms with van der Waals surface area (Å²) >= 11 is 0. The van der Waals surface area contributed by atoms with Gasteiger partial charge in [0.2, 0.25) is 6.79 Å². The van der Waals surface area contributed by atoms with E-state index in [0.717, 1.165) is 5.39 Å². The van der Waals surface area contributed by atoms with Crippen LogP contribution < -0.4 is 23.7 Å². The molecule has 4 aromatic rings. The maximum atomic E-state index is 13.0. The SMILES string of the molecule is COc1cc2cc3c(c(-c4cc5c(cc4OC(=O)c4ccccn4)OCO5)c2cc1OC)C(=O)OC3. The number of hydrogen-bond donors (Lipinski definition) is 0. The molecule has 0 N–H and O–H groups in total. The average Bonchev–Trinajstić information content (AvgIpc) is 3.52. The predicted octanol–water partition coefficient (Wildman–Crippen LogP) is 4.54. The van der Waals surface area contributed by atoms with Crippen molar-refractivity contribution < 1.29 is 38.0 Å². The molecular weight excluding hydrogens is 466 g/mol. The van der Waals surface area contributed by atoms with Crippen molar-refractivity contribution in [2.24, 2.45) is 0 Å². The molecule has 36 heavy (non-hydrogen) atoms. The third-order valence-electron chi connectivity index (χ3n) is 6.11. The topological polar surface area (TPSA) is 102 Å². The van der Waals surface area contributed by atoms with E-state index in [0.29, 0.717) is 50.6 Å². The zero-order valence-electron chi connectivity index (χ0n) is 19.3. The number of aromatic nitrogens is 1. The van der Waals surface area contributed by atoms with E-state index < -0.39 is 11.9 Å². The minimum atomic E-state index is -0.658. The number of cyclic esters (lactones) is 1. The molecule has 0 saturated heterocycles. The monoisotopic (exact) mass is 485 g/mol. The van der Waals surface area contributed by atoms with Crippen molar-refractivity contribution in [2.45, 2.75) is 6.61 Å². The van der Waals surface area contributed by atoms with Gasteiger partial charge in [-0.2, -0.15) is 0 Å². The van der Waals surface area contributed by atoms with E-state index in [9.17, 15) is 9.59 Å². The van der Waals surface area contributed by atoms with Crippen LogP contribution in [0.2, 0.25) is 0 Å². The number of rotatable bonds is 5. The summed E-state index contributed by atoms with van der Waals surface area (Å²) < 4.78 is 33.3. The Morgan fingerprint density at radius 2 is 1.67 bits per heavy atom. The maximum Gasteiger partial charge on any atom is 0.362 e. The van der Waals surface area contributed by atoms with Crippen LogP contribution in [0.1, 0.15) is 26.4 Å². The van der Waals surface area contributed by atoms with Crippen LogP contribution in [0.5, 0.6) is 28.7 Å². The van der Waals surface area contributed by atoms with E-state index in [-0.39, 0.29) is 24.8 Å². The number of methoxy groups -OCH3 is 2. The number of carbonyl (C=O) groups is 2. The molecule has 6 rings (SSSR count). The van der Waals surface area contributed by atoms with Crippen molar-refractivity contribution in [2.75, 3.05) is 21.0 Å². The Hall–Kier alpha value is -4.79. The van der Waals surface area contributed by atoms with Crippen molar-refractivity contribution >= 4 is 22.7 Å². The average molecular weight is 485 g/mol. The van der Waals surface area contributed by atoms with Crippen molar-refractivity contribution in [1.29, 1.82) is 0 Å². The largest absolute Gasteiger partial charge is 0.493 e. The second kappa shape index (κ2) is 8.46. The van der Waals surface area contributed by atoms with Gasteiger partial charge >= 0.3 is 11.9 Å². The van der Waals surface area contributed by atoms with E-state index in [1.165, 1.54) is 13.3 Å². The van der Waals surface area contributed by atoms with Gasteiger partial charge in [0.15, 0.2) is 23.0 Å². The summed E-state index contributed by atoms with van der Waals surface area (Å²) in [6, 6.07) is 13.7. The lowest BCUT2D eigenvalue weighted by Gasteiger charge is -2.17. The summed E-state index contributed by atoms with van der Waals surface area (Å²) in [5.74, 6) is 0.936. The highest BCUT2D eigenvalue weighted by Crippen LogP contribution is 2.49. The smallest absolute Gasteiger partial charge is 0.362 e. The standard InChI is InChI=1S/C27H19NO8/c1-31-20-8-14-7-15-12-33-27(30)24(15)25(16(14)9-21(20)32-2)17-10-22-23(35-13-34-22)11-19(17)36-26(29)18-5-3-4-6-28-18/h3-11H,12-13H2,1-2H3. The lowest BCUT2D eigenvalue weighted by molar-refractivity contribution is 0.0535. The molecule has 0 spiro atoms. The first-order valence-corrected chi connectivity index (χ1v) is 11.0. The molecule has 0 radical (unpaired) electrons. The normalized spacial score (nSPS) is 13.3. The van der Waals surface area contributed by atoms with Crippen molar-refractivity contribution in [3.63, 3.8) is 0 Å². The Morgan fingerprint density at radius 3 is 2.42 bits per heavy atom. The number of ether oxygens (including phenoxy) is 6. The summed E-state index contributed by atoms with van der Waals surface area (Å²) in [4.78, 5) is 30.0. The van der Waals surface area contributed by atoms with Gasteiger partial charge in [0, 0.05) is 29.0 Å². The fraction of sp³-hybridized carbons (Fsp3) is 0.148. The lowest BCUT2D eigenvalue weighted by Crippen LogP contribution is -2.11. The Balaban J connectivity index is 1.63. The van der Waals surface area contributed by atoms with Crippen LogP contribution in [-0.2, 0) is 11.3 Å². The van der Waals surface area contributed by atoms with Gasteiger partial charge in [-0.1, -0.05) is 6.07 Å². The number of fused-ring (bicyclic) bond motifs is 3. The molecule has 1 aromatic heterocycles. The van der Waals surface area contributed by atoms with E-state index >= 15 is 0 Å². The Bertz CT molecular complexity index is 1550. The van der Waals surface area contributed by atoms with Crippen molar-refractivity contribution in [3.05, 3.63) is 71.5 Å². The lowest BCUT2D eigenvalue weighted by atomic mass is 9.89. The summed E-state index contributed by atoms with van der Waals surface area (Å²) in [5, 5.41) is 1.47. The Morgan fingerprint density at radius 1 is 0.889 bits per heavy atom. The first-order chi connectivity index (χ1) is 17.6. The highest BCUT2D eigenvalue weighted by molar-refractivity contribution is 6.12. The van der Waals surface area contributed by atoms with Gasteiger partial charge in [-0.05, 0) is 47.2 Å². The second-order valence-corrected chi connectivity index (χ2v) is 8.10. The number of esters is 2. The molecule has 0 saturated carbocycles. The van der Waals surface area contributed by atoms with Crippen molar-refractivity contribution in [1.82, 2.24) is 4.98 Å². The van der Waals surface area contributed by atoms with Crippen molar-refractivity contribution in [3.8, 4) is 39.9 Å². The third-order valence-corrected chi connectivity index (χ3v) is 6.11. The maximum absolute atomic E-state index is 13.0. The minimum absolute atomic E-state index is 0.0210. The molecule has 3 heterocycles. The molecule has 0 bridgehead atoms. The zero-order valence-corrected chi connectivity index (χ0v) is 19.3. The Labute approximate surface area is 205 Å². The number of benzene rings is 3. The molecule has 9 heteroatoms. The number of pyridine rings is 1. The molecule has 0 atom stereocenters. The zero-order chi connectivity index (χ0) is 24.8. The fourth-order valence-corrected chi connectivity index (χ4v) is 4.47. The van der Waals surface area contributed by atoms with Gasteiger partial charge in [-0.3, -0.25) is 0 Å². The van der Waals surface area contributed by atoms with Gasteiger partial charge in [-0.15, -0.1) is 0 Å². The number of nitrogens with zero attached hydrogens (tertiary/aromatic N) is 1. The van der Waals surface area contributed by atoms with E-state index in [1.54, 1.807) is 43.5 Å². The van der Waals surface area contributed by atoms with E-state index in [4.69, 9.17) is 28.4 Å². The molecule has 180 valence electrons. The summed E-state index contributed by atoms with van der Waals surface area (Å²) in [7, 11) is 3.09. The minimum Gasteiger partial charge on any atom is -0.493 e.